The van der Waals surface area contributed by atoms with Crippen LogP contribution in [0.5, 0.6) is 0 Å². The lowest BCUT2D eigenvalue weighted by molar-refractivity contribution is 0.0996. The van der Waals surface area contributed by atoms with Gasteiger partial charge in [-0.3, -0.25) is 4.79 Å². The van der Waals surface area contributed by atoms with Gasteiger partial charge in [-0.1, -0.05) is 53.8 Å². The molecule has 0 bridgehead atoms. The second-order valence-electron chi connectivity index (χ2n) is 8.72. The number of aromatic nitrogens is 1. The second-order valence-corrected chi connectivity index (χ2v) is 12.6. The van der Waals surface area contributed by atoms with Crippen molar-refractivity contribution < 1.29 is 17.9 Å². The first kappa shape index (κ1) is 27.3. The van der Waals surface area contributed by atoms with Gasteiger partial charge in [0.2, 0.25) is 10.0 Å². The molecule has 0 aliphatic heterocycles. The fourth-order valence-electron chi connectivity index (χ4n) is 4.45. The van der Waals surface area contributed by atoms with Gasteiger partial charge in [-0.05, 0) is 56.2 Å². The zero-order valence-corrected chi connectivity index (χ0v) is 23.4. The largest absolute Gasteiger partial charge is 0.380 e. The summed E-state index contributed by atoms with van der Waals surface area (Å²) in [6.07, 6.45) is 4.98. The number of halogens is 2. The number of rotatable bonds is 8. The SMILES string of the molecule is CCOCCn1c(=NC(=O)c2ccc(S(=O)(=O)N(C)C3CCCCC3)cc2)sc2cc(Cl)cc(Cl)c21. The molecule has 0 atom stereocenters. The molecule has 0 saturated heterocycles. The highest BCUT2D eigenvalue weighted by Gasteiger charge is 2.29. The first-order valence-electron chi connectivity index (χ1n) is 12.0. The van der Waals surface area contributed by atoms with E-state index < -0.39 is 15.9 Å². The minimum Gasteiger partial charge on any atom is -0.380 e. The lowest BCUT2D eigenvalue weighted by Gasteiger charge is -2.30. The lowest BCUT2D eigenvalue weighted by atomic mass is 9.96. The molecular weight excluding hydrogens is 541 g/mol. The molecule has 11 heteroatoms. The number of hydrogen-bond acceptors (Lipinski definition) is 5. The second kappa shape index (κ2) is 11.8. The molecule has 0 radical (unpaired) electrons. The molecule has 1 heterocycles. The Kier molecular flexibility index (Phi) is 8.91. The van der Waals surface area contributed by atoms with Gasteiger partial charge in [-0.25, -0.2) is 8.42 Å². The number of thiazole rings is 1. The summed E-state index contributed by atoms with van der Waals surface area (Å²) in [6, 6.07) is 9.43. The lowest BCUT2D eigenvalue weighted by Crippen LogP contribution is -2.38. The first-order chi connectivity index (χ1) is 17.2. The van der Waals surface area contributed by atoms with Crippen molar-refractivity contribution in [2.75, 3.05) is 20.3 Å². The Morgan fingerprint density at radius 1 is 1.17 bits per heavy atom. The number of ether oxygens (including phenoxy) is 1. The Morgan fingerprint density at radius 3 is 2.53 bits per heavy atom. The van der Waals surface area contributed by atoms with Gasteiger partial charge in [0, 0.05) is 36.8 Å². The fourth-order valence-corrected chi connectivity index (χ4v) is 7.70. The molecule has 3 aromatic rings. The van der Waals surface area contributed by atoms with Crippen LogP contribution in [0.25, 0.3) is 10.2 Å². The van der Waals surface area contributed by atoms with E-state index in [9.17, 15) is 13.2 Å². The van der Waals surface area contributed by atoms with Gasteiger partial charge < -0.3 is 9.30 Å². The Labute approximate surface area is 225 Å². The third-order valence-corrected chi connectivity index (χ3v) is 9.88. The van der Waals surface area contributed by atoms with Crippen LogP contribution in [-0.2, 0) is 21.3 Å². The van der Waals surface area contributed by atoms with E-state index >= 15 is 0 Å². The van der Waals surface area contributed by atoms with Gasteiger partial charge in [0.1, 0.15) is 0 Å². The van der Waals surface area contributed by atoms with Gasteiger partial charge in [0.25, 0.3) is 5.91 Å². The Morgan fingerprint density at radius 2 is 1.86 bits per heavy atom. The molecule has 1 aromatic heterocycles. The highest BCUT2D eigenvalue weighted by atomic mass is 35.5. The summed E-state index contributed by atoms with van der Waals surface area (Å²) in [5.74, 6) is -0.474. The van der Waals surface area contributed by atoms with Gasteiger partial charge in [0.15, 0.2) is 4.80 Å². The molecule has 1 aliphatic rings. The quantitative estimate of drug-likeness (QED) is 0.324. The number of amides is 1. The van der Waals surface area contributed by atoms with E-state index in [-0.39, 0.29) is 10.9 Å². The number of hydrogen-bond donors (Lipinski definition) is 0. The Hall–Kier alpha value is -1.75. The molecule has 0 N–H and O–H groups in total. The van der Waals surface area contributed by atoms with Crippen molar-refractivity contribution in [1.82, 2.24) is 8.87 Å². The number of nitrogens with zero attached hydrogens (tertiary/aromatic N) is 3. The van der Waals surface area contributed by atoms with E-state index in [2.05, 4.69) is 4.99 Å². The van der Waals surface area contributed by atoms with Crippen LogP contribution >= 0.6 is 34.5 Å². The van der Waals surface area contributed by atoms with Crippen LogP contribution in [0, 0.1) is 0 Å². The van der Waals surface area contributed by atoms with Crippen molar-refractivity contribution in [3.05, 3.63) is 56.8 Å². The summed E-state index contributed by atoms with van der Waals surface area (Å²) < 4.78 is 35.9. The molecule has 1 amide bonds. The van der Waals surface area contributed by atoms with Crippen LogP contribution in [0.3, 0.4) is 0 Å². The fraction of sp³-hybridized carbons (Fsp3) is 0.440. The molecule has 36 heavy (non-hydrogen) atoms. The number of carbonyl (C=O) groups excluding carboxylic acids is 1. The standard InChI is InChI=1S/C25H29Cl2N3O4S2/c1-3-34-14-13-30-23-21(27)15-18(26)16-22(23)35-25(30)28-24(31)17-9-11-20(12-10-17)36(32,33)29(2)19-7-5-4-6-8-19/h9-12,15-16,19H,3-8,13-14H2,1-2H3. The highest BCUT2D eigenvalue weighted by Crippen LogP contribution is 2.30. The minimum absolute atomic E-state index is 0.0143. The van der Waals surface area contributed by atoms with E-state index in [1.807, 2.05) is 11.5 Å². The van der Waals surface area contributed by atoms with E-state index in [1.165, 1.54) is 39.9 Å². The summed E-state index contributed by atoms with van der Waals surface area (Å²) in [5, 5.41) is 0.967. The summed E-state index contributed by atoms with van der Waals surface area (Å²) in [7, 11) is -2.00. The molecule has 0 unspecified atom stereocenters. The van der Waals surface area contributed by atoms with Crippen LogP contribution < -0.4 is 4.80 Å². The van der Waals surface area contributed by atoms with E-state index in [0.29, 0.717) is 40.2 Å². The van der Waals surface area contributed by atoms with Gasteiger partial charge in [-0.2, -0.15) is 9.30 Å². The monoisotopic (exact) mass is 569 g/mol. The van der Waals surface area contributed by atoms with Crippen molar-refractivity contribution >= 4 is 60.7 Å². The predicted octanol–water partition coefficient (Wildman–Crippen LogP) is 5.74. The molecule has 4 rings (SSSR count). The average Bonchev–Trinajstić information content (AvgIpc) is 3.21. The van der Waals surface area contributed by atoms with Crippen LogP contribution in [0.2, 0.25) is 10.0 Å². The number of fused-ring (bicyclic) bond motifs is 1. The van der Waals surface area contributed by atoms with Crippen molar-refractivity contribution in [2.24, 2.45) is 4.99 Å². The van der Waals surface area contributed by atoms with Crippen LogP contribution in [0.4, 0.5) is 0 Å². The highest BCUT2D eigenvalue weighted by molar-refractivity contribution is 7.89. The topological polar surface area (TPSA) is 81.0 Å². The molecule has 1 aliphatic carbocycles. The molecule has 194 valence electrons. The minimum atomic E-state index is -3.64. The van der Waals surface area contributed by atoms with Crippen molar-refractivity contribution in [1.29, 1.82) is 0 Å². The molecule has 7 nitrogen and oxygen atoms in total. The maximum atomic E-state index is 13.1. The average molecular weight is 571 g/mol. The third kappa shape index (κ3) is 5.87. The zero-order chi connectivity index (χ0) is 25.9. The smallest absolute Gasteiger partial charge is 0.279 e. The van der Waals surface area contributed by atoms with Crippen molar-refractivity contribution in [3.63, 3.8) is 0 Å². The van der Waals surface area contributed by atoms with Crippen molar-refractivity contribution in [2.45, 2.75) is 56.5 Å². The molecule has 0 spiro atoms. The normalized spacial score (nSPS) is 15.8. The predicted molar refractivity (Wildman–Crippen MR) is 144 cm³/mol. The number of sulfonamides is 1. The van der Waals surface area contributed by atoms with Gasteiger partial charge >= 0.3 is 0 Å². The number of carbonyl (C=O) groups is 1. The van der Waals surface area contributed by atoms with Crippen LogP contribution in [-0.4, -0.2) is 49.5 Å². The Bertz CT molecular complexity index is 1410. The van der Waals surface area contributed by atoms with E-state index in [4.69, 9.17) is 27.9 Å². The van der Waals surface area contributed by atoms with Crippen molar-refractivity contribution in [3.8, 4) is 0 Å². The van der Waals surface area contributed by atoms with E-state index in [1.54, 1.807) is 19.2 Å². The summed E-state index contributed by atoms with van der Waals surface area (Å²) in [6.45, 7) is 3.38. The van der Waals surface area contributed by atoms with Crippen LogP contribution in [0.15, 0.2) is 46.3 Å². The number of benzene rings is 2. The molecule has 1 fully saturated rings. The van der Waals surface area contributed by atoms with Gasteiger partial charge in [0.05, 0.1) is 26.7 Å². The zero-order valence-electron chi connectivity index (χ0n) is 20.2. The maximum absolute atomic E-state index is 13.1. The summed E-state index contributed by atoms with van der Waals surface area (Å²) in [5.41, 5.74) is 1.04. The molecule has 1 saturated carbocycles. The molecular formula is C25H29Cl2N3O4S2. The van der Waals surface area contributed by atoms with E-state index in [0.717, 1.165) is 42.3 Å². The molecule has 2 aromatic carbocycles. The summed E-state index contributed by atoms with van der Waals surface area (Å²) in [4.78, 5) is 18.0. The maximum Gasteiger partial charge on any atom is 0.279 e. The third-order valence-electron chi connectivity index (χ3n) is 6.42. The van der Waals surface area contributed by atoms with Gasteiger partial charge in [-0.15, -0.1) is 0 Å². The summed E-state index contributed by atoms with van der Waals surface area (Å²) >= 11 is 13.9. The first-order valence-corrected chi connectivity index (χ1v) is 15.0. The Balaban J connectivity index is 1.63. The van der Waals surface area contributed by atoms with Crippen LogP contribution in [0.1, 0.15) is 49.4 Å².